The van der Waals surface area contributed by atoms with Crippen LogP contribution in [0.3, 0.4) is 0 Å². The number of hydrogen-bond donors (Lipinski definition) is 0. The van der Waals surface area contributed by atoms with Gasteiger partial charge in [0, 0.05) is 35.1 Å². The van der Waals surface area contributed by atoms with Crippen LogP contribution < -0.4 is 0 Å². The van der Waals surface area contributed by atoms with Gasteiger partial charge in [-0.15, -0.1) is 11.8 Å². The molecule has 4 heteroatoms. The Labute approximate surface area is 146 Å². The van der Waals surface area contributed by atoms with Crippen LogP contribution in [0.5, 0.6) is 0 Å². The number of hydrazone groups is 1. The van der Waals surface area contributed by atoms with Gasteiger partial charge in [0.1, 0.15) is 0 Å². The van der Waals surface area contributed by atoms with E-state index in [1.54, 1.807) is 5.01 Å². The van der Waals surface area contributed by atoms with Gasteiger partial charge in [-0.05, 0) is 24.5 Å². The molecule has 3 nitrogen and oxygen atoms in total. The predicted molar refractivity (Wildman–Crippen MR) is 98.3 cm³/mol. The summed E-state index contributed by atoms with van der Waals surface area (Å²) in [4.78, 5) is 13.7. The molecule has 2 heterocycles. The Balaban J connectivity index is 1.49. The summed E-state index contributed by atoms with van der Waals surface area (Å²) in [5.74, 6) is 1.39. The van der Waals surface area contributed by atoms with Crippen LogP contribution in [0, 0.1) is 5.92 Å². The Bertz CT molecular complexity index is 772. The third-order valence-corrected chi connectivity index (χ3v) is 5.84. The van der Waals surface area contributed by atoms with Gasteiger partial charge in [-0.1, -0.05) is 48.5 Å². The molecule has 4 rings (SSSR count). The molecule has 0 N–H and O–H groups in total. The van der Waals surface area contributed by atoms with E-state index < -0.39 is 0 Å². The second-order valence-corrected chi connectivity index (χ2v) is 7.36. The summed E-state index contributed by atoms with van der Waals surface area (Å²) in [5.41, 5.74) is 3.62. The molecule has 0 radical (unpaired) electrons. The molecule has 1 amide bonds. The van der Waals surface area contributed by atoms with Crippen molar-refractivity contribution in [3.63, 3.8) is 0 Å². The van der Waals surface area contributed by atoms with Crippen molar-refractivity contribution < 1.29 is 4.79 Å². The number of hydrogen-bond acceptors (Lipinski definition) is 3. The fourth-order valence-corrected chi connectivity index (χ4v) is 4.50. The molecule has 0 spiro atoms. The molecule has 1 atom stereocenters. The first-order valence-corrected chi connectivity index (χ1v) is 9.45. The molecular weight excluding hydrogens is 316 g/mol. The van der Waals surface area contributed by atoms with E-state index in [2.05, 4.69) is 48.5 Å². The monoisotopic (exact) mass is 336 g/mol. The van der Waals surface area contributed by atoms with E-state index in [1.807, 2.05) is 17.8 Å². The molecule has 2 aromatic carbocycles. The Morgan fingerprint density at radius 2 is 1.88 bits per heavy atom. The Kier molecular flexibility index (Phi) is 4.39. The number of rotatable bonds is 4. The maximum absolute atomic E-state index is 12.4. The number of thioether (sulfide) groups is 1. The highest BCUT2D eigenvalue weighted by molar-refractivity contribution is 7.99. The zero-order chi connectivity index (χ0) is 16.4. The number of fused-ring (bicyclic) bond motifs is 3. The van der Waals surface area contributed by atoms with Gasteiger partial charge in [-0.3, -0.25) is 4.79 Å². The summed E-state index contributed by atoms with van der Waals surface area (Å²) >= 11 is 1.84. The van der Waals surface area contributed by atoms with Gasteiger partial charge in [-0.2, -0.15) is 5.10 Å². The third-order valence-electron chi connectivity index (χ3n) is 4.61. The second kappa shape index (κ2) is 6.81. The number of carbonyl (C=O) groups excluding carboxylic acids is 1. The molecule has 2 aliphatic heterocycles. The minimum absolute atomic E-state index is 0.164. The van der Waals surface area contributed by atoms with Crippen LogP contribution in [0.15, 0.2) is 64.6 Å². The van der Waals surface area contributed by atoms with Gasteiger partial charge in [0.15, 0.2) is 0 Å². The highest BCUT2D eigenvalue weighted by Crippen LogP contribution is 2.36. The summed E-state index contributed by atoms with van der Waals surface area (Å²) < 4.78 is 0. The molecule has 2 aliphatic rings. The van der Waals surface area contributed by atoms with Gasteiger partial charge in [0.2, 0.25) is 5.91 Å². The lowest BCUT2D eigenvalue weighted by atomic mass is 9.93. The largest absolute Gasteiger partial charge is 0.273 e. The van der Waals surface area contributed by atoms with Gasteiger partial charge in [0.25, 0.3) is 0 Å². The molecule has 0 saturated heterocycles. The van der Waals surface area contributed by atoms with Crippen LogP contribution in [0.4, 0.5) is 0 Å². The van der Waals surface area contributed by atoms with E-state index in [-0.39, 0.29) is 11.8 Å². The van der Waals surface area contributed by atoms with Gasteiger partial charge in [-0.25, -0.2) is 5.01 Å². The fourth-order valence-electron chi connectivity index (χ4n) is 3.34. The zero-order valence-corrected chi connectivity index (χ0v) is 14.3. The van der Waals surface area contributed by atoms with Crippen molar-refractivity contribution >= 4 is 23.4 Å². The number of aryl methyl sites for hydroxylation is 1. The Hall–Kier alpha value is -2.07. The zero-order valence-electron chi connectivity index (χ0n) is 13.5. The molecule has 0 aliphatic carbocycles. The van der Waals surface area contributed by atoms with Crippen molar-refractivity contribution in [2.75, 3.05) is 12.3 Å². The summed E-state index contributed by atoms with van der Waals surface area (Å²) in [6.07, 6.45) is 2.50. The summed E-state index contributed by atoms with van der Waals surface area (Å²) in [6, 6.07) is 18.8. The molecule has 0 bridgehead atoms. The molecule has 24 heavy (non-hydrogen) atoms. The van der Waals surface area contributed by atoms with E-state index in [4.69, 9.17) is 5.10 Å². The predicted octanol–water partition coefficient (Wildman–Crippen LogP) is 3.98. The van der Waals surface area contributed by atoms with Crippen molar-refractivity contribution in [1.29, 1.82) is 0 Å². The molecular formula is C20H20N2OS. The highest BCUT2D eigenvalue weighted by atomic mass is 32.2. The number of nitrogens with zero attached hydrogens (tertiary/aromatic N) is 2. The van der Waals surface area contributed by atoms with E-state index in [0.717, 1.165) is 24.3 Å². The van der Waals surface area contributed by atoms with Crippen LogP contribution in [0.1, 0.15) is 24.0 Å². The Morgan fingerprint density at radius 3 is 2.75 bits per heavy atom. The lowest BCUT2D eigenvalue weighted by Gasteiger charge is -2.33. The van der Waals surface area contributed by atoms with E-state index >= 15 is 0 Å². The number of benzene rings is 2. The third kappa shape index (κ3) is 3.11. The van der Waals surface area contributed by atoms with Gasteiger partial charge < -0.3 is 0 Å². The van der Waals surface area contributed by atoms with E-state index in [1.165, 1.54) is 16.0 Å². The first kappa shape index (κ1) is 15.5. The van der Waals surface area contributed by atoms with Crippen molar-refractivity contribution in [2.24, 2.45) is 11.0 Å². The maximum atomic E-state index is 12.4. The molecule has 1 unspecified atom stereocenters. The second-order valence-electron chi connectivity index (χ2n) is 6.30. The SMILES string of the molecule is O=C1CC2CSc3ccccc3C2=NN1CCCc1ccccc1. The first-order chi connectivity index (χ1) is 11.8. The van der Waals surface area contributed by atoms with E-state index in [0.29, 0.717) is 13.0 Å². The topological polar surface area (TPSA) is 32.7 Å². The minimum atomic E-state index is 0.164. The minimum Gasteiger partial charge on any atom is -0.273 e. The van der Waals surface area contributed by atoms with Crippen molar-refractivity contribution in [2.45, 2.75) is 24.2 Å². The lowest BCUT2D eigenvalue weighted by Crippen LogP contribution is -2.40. The van der Waals surface area contributed by atoms with Crippen LogP contribution >= 0.6 is 11.8 Å². The van der Waals surface area contributed by atoms with Crippen LogP contribution in [-0.4, -0.2) is 28.9 Å². The number of amides is 1. The normalized spacial score (nSPS) is 19.5. The van der Waals surface area contributed by atoms with Crippen molar-refractivity contribution in [3.8, 4) is 0 Å². The van der Waals surface area contributed by atoms with Crippen molar-refractivity contribution in [1.82, 2.24) is 5.01 Å². The maximum Gasteiger partial charge on any atom is 0.243 e. The van der Waals surface area contributed by atoms with Gasteiger partial charge >= 0.3 is 0 Å². The van der Waals surface area contributed by atoms with Crippen LogP contribution in [-0.2, 0) is 11.2 Å². The molecule has 0 fully saturated rings. The van der Waals surface area contributed by atoms with Gasteiger partial charge in [0.05, 0.1) is 5.71 Å². The quantitative estimate of drug-likeness (QED) is 0.846. The molecule has 2 aromatic rings. The first-order valence-electron chi connectivity index (χ1n) is 8.46. The highest BCUT2D eigenvalue weighted by Gasteiger charge is 2.33. The Morgan fingerprint density at radius 1 is 1.08 bits per heavy atom. The molecule has 0 aromatic heterocycles. The van der Waals surface area contributed by atoms with Crippen LogP contribution in [0.25, 0.3) is 0 Å². The standard InChI is InChI=1S/C20H20N2OS/c23-19-13-16-14-24-18-11-5-4-10-17(18)20(16)21-22(19)12-6-9-15-7-2-1-3-8-15/h1-5,7-8,10-11,16H,6,9,12-14H2. The lowest BCUT2D eigenvalue weighted by molar-refractivity contribution is -0.132. The number of carbonyl (C=O) groups is 1. The molecule has 0 saturated carbocycles. The fraction of sp³-hybridized carbons (Fsp3) is 0.300. The average molecular weight is 336 g/mol. The summed E-state index contributed by atoms with van der Waals surface area (Å²) in [6.45, 7) is 0.694. The smallest absolute Gasteiger partial charge is 0.243 e. The van der Waals surface area contributed by atoms with E-state index in [9.17, 15) is 4.79 Å². The average Bonchev–Trinajstić information content (AvgIpc) is 2.63. The summed E-state index contributed by atoms with van der Waals surface area (Å²) in [5, 5.41) is 6.44. The summed E-state index contributed by atoms with van der Waals surface area (Å²) in [7, 11) is 0. The molecule has 122 valence electrons. The van der Waals surface area contributed by atoms with Crippen LogP contribution in [0.2, 0.25) is 0 Å². The van der Waals surface area contributed by atoms with Crippen molar-refractivity contribution in [3.05, 3.63) is 65.7 Å².